The summed E-state index contributed by atoms with van der Waals surface area (Å²) in [6.45, 7) is 0. The molecule has 0 heterocycles. The lowest BCUT2D eigenvalue weighted by atomic mass is 10.2. The Morgan fingerprint density at radius 2 is 1.92 bits per heavy atom. The number of benzene rings is 1. The summed E-state index contributed by atoms with van der Waals surface area (Å²) < 4.78 is 4.38. The monoisotopic (exact) mass is 312 g/mol. The lowest BCUT2D eigenvalue weighted by Crippen LogP contribution is -2.01. The van der Waals surface area contributed by atoms with E-state index in [0.717, 1.165) is 11.3 Å². The molecule has 12 heavy (non-hydrogen) atoms. The van der Waals surface area contributed by atoms with E-state index >= 15 is 0 Å². The minimum absolute atomic E-state index is 0.743. The zero-order valence-electron chi connectivity index (χ0n) is 6.35. The van der Waals surface area contributed by atoms with Crippen molar-refractivity contribution >= 4 is 43.5 Å². The molecular weight excluding hydrogens is 307 g/mol. The molecule has 1 aromatic rings. The van der Waals surface area contributed by atoms with E-state index in [1.54, 1.807) is 7.11 Å². The van der Waals surface area contributed by atoms with E-state index in [1.807, 2.05) is 24.3 Å². The van der Waals surface area contributed by atoms with Crippen molar-refractivity contribution < 1.29 is 4.74 Å². The SMILES string of the molecule is COc1ccccc1C(Cl)(Br)Br. The van der Waals surface area contributed by atoms with Crippen molar-refractivity contribution in [3.8, 4) is 5.75 Å². The largest absolute Gasteiger partial charge is 0.496 e. The molecule has 0 aliphatic carbocycles. The third-order valence-electron chi connectivity index (χ3n) is 1.41. The number of methoxy groups -OCH3 is 1. The van der Waals surface area contributed by atoms with E-state index in [2.05, 4.69) is 31.9 Å². The van der Waals surface area contributed by atoms with Crippen molar-refractivity contribution in [3.05, 3.63) is 29.8 Å². The number of hydrogen-bond acceptors (Lipinski definition) is 1. The second kappa shape index (κ2) is 3.99. The Kier molecular flexibility index (Phi) is 3.44. The van der Waals surface area contributed by atoms with Crippen molar-refractivity contribution in [1.82, 2.24) is 0 Å². The van der Waals surface area contributed by atoms with Gasteiger partial charge in [0.2, 0.25) is 0 Å². The van der Waals surface area contributed by atoms with Crippen molar-refractivity contribution in [2.24, 2.45) is 0 Å². The molecule has 1 nitrogen and oxygen atoms in total. The second-order valence-electron chi connectivity index (χ2n) is 2.20. The summed E-state index contributed by atoms with van der Waals surface area (Å²) in [4.78, 5) is 0. The molecule has 0 spiro atoms. The fourth-order valence-electron chi connectivity index (χ4n) is 0.879. The van der Waals surface area contributed by atoms with E-state index < -0.39 is 2.69 Å². The first-order chi connectivity index (χ1) is 5.55. The summed E-state index contributed by atoms with van der Waals surface area (Å²) in [5, 5.41) is 0. The Balaban J connectivity index is 3.14. The lowest BCUT2D eigenvalue weighted by molar-refractivity contribution is 0.411. The van der Waals surface area contributed by atoms with Gasteiger partial charge in [-0.2, -0.15) is 0 Å². The highest BCUT2D eigenvalue weighted by Crippen LogP contribution is 2.45. The number of alkyl halides is 3. The van der Waals surface area contributed by atoms with Crippen LogP contribution in [0.1, 0.15) is 5.56 Å². The lowest BCUT2D eigenvalue weighted by Gasteiger charge is -2.15. The molecule has 0 amide bonds. The highest BCUT2D eigenvalue weighted by atomic mass is 79.9. The van der Waals surface area contributed by atoms with Gasteiger partial charge in [-0.15, -0.1) is 0 Å². The van der Waals surface area contributed by atoms with Crippen LogP contribution >= 0.6 is 43.5 Å². The molecule has 1 rings (SSSR count). The molecule has 66 valence electrons. The van der Waals surface area contributed by atoms with Gasteiger partial charge in [0.25, 0.3) is 0 Å². The molecule has 0 N–H and O–H groups in total. The van der Waals surface area contributed by atoms with Gasteiger partial charge in [0.05, 0.1) is 7.11 Å². The van der Waals surface area contributed by atoms with Crippen LogP contribution in [0.5, 0.6) is 5.75 Å². The molecule has 0 unspecified atom stereocenters. The predicted octanol–water partition coefficient (Wildman–Crippen LogP) is 3.83. The van der Waals surface area contributed by atoms with Crippen LogP contribution in [0, 0.1) is 0 Å². The Morgan fingerprint density at radius 3 is 2.33 bits per heavy atom. The molecule has 0 aromatic heterocycles. The summed E-state index contributed by atoms with van der Waals surface area (Å²) in [6.07, 6.45) is 0. The van der Waals surface area contributed by atoms with Gasteiger partial charge in [-0.3, -0.25) is 0 Å². The van der Waals surface area contributed by atoms with Crippen molar-refractivity contribution in [3.63, 3.8) is 0 Å². The predicted molar refractivity (Wildman–Crippen MR) is 58.4 cm³/mol. The zero-order valence-corrected chi connectivity index (χ0v) is 10.3. The fraction of sp³-hybridized carbons (Fsp3) is 0.250. The van der Waals surface area contributed by atoms with E-state index in [9.17, 15) is 0 Å². The highest BCUT2D eigenvalue weighted by molar-refractivity contribution is 9.25. The highest BCUT2D eigenvalue weighted by Gasteiger charge is 2.24. The average Bonchev–Trinajstić information content (AvgIpc) is 2.03. The fourth-order valence-corrected chi connectivity index (χ4v) is 1.69. The van der Waals surface area contributed by atoms with E-state index in [-0.39, 0.29) is 0 Å². The summed E-state index contributed by atoms with van der Waals surface area (Å²) >= 11 is 12.6. The molecule has 0 atom stereocenters. The molecule has 0 radical (unpaired) electrons. The van der Waals surface area contributed by atoms with Gasteiger partial charge in [0.1, 0.15) is 5.75 Å². The molecule has 0 fully saturated rings. The van der Waals surface area contributed by atoms with E-state index in [0.29, 0.717) is 0 Å². The summed E-state index contributed by atoms with van der Waals surface area (Å²) in [5.74, 6) is 0.751. The van der Waals surface area contributed by atoms with Crippen LogP contribution in [0.2, 0.25) is 0 Å². The van der Waals surface area contributed by atoms with Gasteiger partial charge in [-0.25, -0.2) is 0 Å². The van der Waals surface area contributed by atoms with Crippen LogP contribution < -0.4 is 4.74 Å². The van der Waals surface area contributed by atoms with Crippen LogP contribution in [-0.2, 0) is 2.69 Å². The van der Waals surface area contributed by atoms with Gasteiger partial charge in [0.15, 0.2) is 2.69 Å². The van der Waals surface area contributed by atoms with Crippen molar-refractivity contribution in [2.75, 3.05) is 7.11 Å². The standard InChI is InChI=1S/C8H7Br2ClO/c1-12-7-5-3-2-4-6(7)8(9,10)11/h2-5H,1H3. The van der Waals surface area contributed by atoms with Gasteiger partial charge in [0, 0.05) is 5.56 Å². The molecule has 0 saturated carbocycles. The number of ether oxygens (including phenoxy) is 1. The first-order valence-electron chi connectivity index (χ1n) is 3.26. The van der Waals surface area contributed by atoms with Crippen LogP contribution in [0.15, 0.2) is 24.3 Å². The normalized spacial score (nSPS) is 11.3. The van der Waals surface area contributed by atoms with Crippen molar-refractivity contribution in [1.29, 1.82) is 0 Å². The number of hydrogen-bond donors (Lipinski definition) is 0. The molecular formula is C8H7Br2ClO. The van der Waals surface area contributed by atoms with E-state index in [1.165, 1.54) is 0 Å². The topological polar surface area (TPSA) is 9.23 Å². The molecule has 1 aromatic carbocycles. The molecule has 0 aliphatic rings. The molecule has 4 heteroatoms. The smallest absolute Gasteiger partial charge is 0.182 e. The number of rotatable bonds is 2. The Bertz CT molecular complexity index is 270. The van der Waals surface area contributed by atoms with Crippen LogP contribution in [0.4, 0.5) is 0 Å². The van der Waals surface area contributed by atoms with Gasteiger partial charge in [-0.1, -0.05) is 29.8 Å². The summed E-state index contributed by atoms with van der Waals surface area (Å²) in [5.41, 5.74) is 0.856. The minimum Gasteiger partial charge on any atom is -0.496 e. The van der Waals surface area contributed by atoms with Gasteiger partial charge < -0.3 is 4.74 Å². The van der Waals surface area contributed by atoms with Gasteiger partial charge in [-0.05, 0) is 37.9 Å². The average molecular weight is 314 g/mol. The molecule has 0 saturated heterocycles. The first kappa shape index (κ1) is 10.4. The van der Waals surface area contributed by atoms with Gasteiger partial charge >= 0.3 is 0 Å². The molecule has 0 aliphatic heterocycles. The maximum absolute atomic E-state index is 6.00. The van der Waals surface area contributed by atoms with E-state index in [4.69, 9.17) is 16.3 Å². The summed E-state index contributed by atoms with van der Waals surface area (Å²) in [7, 11) is 1.61. The Hall–Kier alpha value is 0.270. The maximum Gasteiger partial charge on any atom is 0.182 e. The Morgan fingerprint density at radius 1 is 1.33 bits per heavy atom. The Labute approximate surface area is 93.3 Å². The second-order valence-corrected chi connectivity index (χ2v) is 7.12. The first-order valence-corrected chi connectivity index (χ1v) is 5.22. The van der Waals surface area contributed by atoms with Crippen LogP contribution in [0.25, 0.3) is 0 Å². The minimum atomic E-state index is -0.743. The summed E-state index contributed by atoms with van der Waals surface area (Å²) in [6, 6.07) is 7.53. The third-order valence-corrected chi connectivity index (χ3v) is 2.47. The quantitative estimate of drug-likeness (QED) is 0.754. The van der Waals surface area contributed by atoms with Crippen LogP contribution in [-0.4, -0.2) is 7.11 Å². The number of halogens is 3. The third kappa shape index (κ3) is 2.38. The molecule has 0 bridgehead atoms. The van der Waals surface area contributed by atoms with Crippen LogP contribution in [0.3, 0.4) is 0 Å². The zero-order chi connectivity index (χ0) is 9.19. The maximum atomic E-state index is 6.00. The number of para-hydroxylation sites is 1. The van der Waals surface area contributed by atoms with Crippen molar-refractivity contribution in [2.45, 2.75) is 2.69 Å².